The predicted molar refractivity (Wildman–Crippen MR) is 92.9 cm³/mol. The molecule has 1 amide bonds. The third-order valence-corrected chi connectivity index (χ3v) is 4.20. The lowest BCUT2D eigenvalue weighted by Crippen LogP contribution is -2.24. The van der Waals surface area contributed by atoms with E-state index in [1.54, 1.807) is 18.4 Å². The summed E-state index contributed by atoms with van der Waals surface area (Å²) in [5, 5.41) is 3.77. The first-order chi connectivity index (χ1) is 11.5. The molecule has 0 spiro atoms. The Hall–Kier alpha value is -2.82. The van der Waals surface area contributed by atoms with Crippen LogP contribution in [0.3, 0.4) is 0 Å². The SMILES string of the molecule is Cc1cc2cc(CCC(=O)NCc3ccco3)c(=O)[nH]c2cc1C. The minimum Gasteiger partial charge on any atom is -0.467 e. The van der Waals surface area contributed by atoms with Gasteiger partial charge in [-0.3, -0.25) is 9.59 Å². The van der Waals surface area contributed by atoms with Crippen LogP contribution in [0.15, 0.2) is 45.8 Å². The molecule has 5 nitrogen and oxygen atoms in total. The van der Waals surface area contributed by atoms with Gasteiger partial charge < -0.3 is 14.7 Å². The van der Waals surface area contributed by atoms with Crippen molar-refractivity contribution in [1.29, 1.82) is 0 Å². The van der Waals surface area contributed by atoms with Crippen LogP contribution in [-0.4, -0.2) is 10.9 Å². The summed E-state index contributed by atoms with van der Waals surface area (Å²) in [6.45, 7) is 4.42. The minimum absolute atomic E-state index is 0.106. The number of nitrogens with one attached hydrogen (secondary N) is 2. The number of aromatic amines is 1. The van der Waals surface area contributed by atoms with Crippen molar-refractivity contribution in [2.24, 2.45) is 0 Å². The number of hydrogen-bond acceptors (Lipinski definition) is 3. The average Bonchev–Trinajstić information content (AvgIpc) is 3.06. The molecular formula is C19H20N2O3. The number of carbonyl (C=O) groups excluding carboxylic acids is 1. The molecule has 0 radical (unpaired) electrons. The zero-order valence-electron chi connectivity index (χ0n) is 13.8. The maximum absolute atomic E-state index is 12.2. The van der Waals surface area contributed by atoms with E-state index in [0.717, 1.165) is 16.5 Å². The highest BCUT2D eigenvalue weighted by molar-refractivity contribution is 5.81. The first-order valence-electron chi connectivity index (χ1n) is 7.95. The van der Waals surface area contributed by atoms with Gasteiger partial charge in [0.05, 0.1) is 12.8 Å². The number of H-pyrrole nitrogens is 1. The number of aryl methyl sites for hydroxylation is 3. The van der Waals surface area contributed by atoms with E-state index in [1.165, 1.54) is 5.56 Å². The molecule has 24 heavy (non-hydrogen) atoms. The van der Waals surface area contributed by atoms with Gasteiger partial charge in [-0.2, -0.15) is 0 Å². The number of fused-ring (bicyclic) bond motifs is 1. The maximum atomic E-state index is 12.2. The molecule has 0 fully saturated rings. The van der Waals surface area contributed by atoms with Gasteiger partial charge in [0, 0.05) is 17.5 Å². The third-order valence-electron chi connectivity index (χ3n) is 4.20. The van der Waals surface area contributed by atoms with Crippen molar-refractivity contribution in [3.05, 3.63) is 69.4 Å². The van der Waals surface area contributed by atoms with Gasteiger partial charge in [-0.15, -0.1) is 0 Å². The van der Waals surface area contributed by atoms with E-state index in [0.29, 0.717) is 24.3 Å². The fourth-order valence-electron chi connectivity index (χ4n) is 2.64. The van der Waals surface area contributed by atoms with Crippen LogP contribution in [0.25, 0.3) is 10.9 Å². The molecule has 3 aromatic rings. The first kappa shape index (κ1) is 16.1. The van der Waals surface area contributed by atoms with Crippen molar-refractivity contribution in [3.8, 4) is 0 Å². The van der Waals surface area contributed by atoms with E-state index in [1.807, 2.05) is 26.0 Å². The Morgan fingerprint density at radius 3 is 2.75 bits per heavy atom. The maximum Gasteiger partial charge on any atom is 0.251 e. The lowest BCUT2D eigenvalue weighted by atomic mass is 10.0. The lowest BCUT2D eigenvalue weighted by molar-refractivity contribution is -0.121. The Balaban J connectivity index is 1.68. The summed E-state index contributed by atoms with van der Waals surface area (Å²) in [4.78, 5) is 27.0. The Morgan fingerprint density at radius 1 is 1.21 bits per heavy atom. The van der Waals surface area contributed by atoms with E-state index < -0.39 is 0 Å². The summed E-state index contributed by atoms with van der Waals surface area (Å²) in [7, 11) is 0. The number of carbonyl (C=O) groups is 1. The molecule has 0 atom stereocenters. The number of pyridine rings is 1. The molecule has 0 unspecified atom stereocenters. The summed E-state index contributed by atoms with van der Waals surface area (Å²) in [6, 6.07) is 9.49. The van der Waals surface area contributed by atoms with Gasteiger partial charge in [0.15, 0.2) is 0 Å². The van der Waals surface area contributed by atoms with E-state index in [2.05, 4.69) is 16.4 Å². The van der Waals surface area contributed by atoms with Gasteiger partial charge in [0.2, 0.25) is 5.91 Å². The van der Waals surface area contributed by atoms with Crippen LogP contribution in [0.2, 0.25) is 0 Å². The Morgan fingerprint density at radius 2 is 2.00 bits per heavy atom. The lowest BCUT2D eigenvalue weighted by Gasteiger charge is -2.07. The monoisotopic (exact) mass is 324 g/mol. The second-order valence-corrected chi connectivity index (χ2v) is 6.00. The van der Waals surface area contributed by atoms with Gasteiger partial charge in [-0.25, -0.2) is 0 Å². The number of hydrogen-bond donors (Lipinski definition) is 2. The highest BCUT2D eigenvalue weighted by Gasteiger charge is 2.08. The predicted octanol–water partition coefficient (Wildman–Crippen LogP) is 2.99. The molecule has 3 rings (SSSR count). The van der Waals surface area contributed by atoms with Crippen molar-refractivity contribution in [3.63, 3.8) is 0 Å². The summed E-state index contributed by atoms with van der Waals surface area (Å²) in [5.41, 5.74) is 3.64. The Kier molecular flexibility index (Phi) is 4.51. The summed E-state index contributed by atoms with van der Waals surface area (Å²) < 4.78 is 5.17. The summed E-state index contributed by atoms with van der Waals surface area (Å²) in [6.07, 6.45) is 2.24. The standard InChI is InChI=1S/C19H20N2O3/c1-12-8-15-10-14(19(23)21-17(15)9-13(12)2)5-6-18(22)20-11-16-4-3-7-24-16/h3-4,7-10H,5-6,11H2,1-2H3,(H,20,22)(H,21,23). The quantitative estimate of drug-likeness (QED) is 0.757. The van der Waals surface area contributed by atoms with Crippen LogP contribution in [-0.2, 0) is 17.8 Å². The van der Waals surface area contributed by atoms with E-state index >= 15 is 0 Å². The van der Waals surface area contributed by atoms with Crippen molar-refractivity contribution < 1.29 is 9.21 Å². The zero-order valence-corrected chi connectivity index (χ0v) is 13.8. The molecule has 1 aromatic carbocycles. The molecule has 0 aliphatic rings. The molecule has 2 N–H and O–H groups in total. The van der Waals surface area contributed by atoms with E-state index in [-0.39, 0.29) is 17.9 Å². The molecule has 0 saturated heterocycles. The number of aromatic nitrogens is 1. The molecule has 2 heterocycles. The number of amides is 1. The molecule has 0 saturated carbocycles. The second-order valence-electron chi connectivity index (χ2n) is 6.00. The highest BCUT2D eigenvalue weighted by Crippen LogP contribution is 2.17. The minimum atomic E-state index is -0.135. The van der Waals surface area contributed by atoms with Crippen LogP contribution in [0.4, 0.5) is 0 Å². The smallest absolute Gasteiger partial charge is 0.251 e. The van der Waals surface area contributed by atoms with Crippen molar-refractivity contribution >= 4 is 16.8 Å². The Labute approximate surface area is 139 Å². The molecule has 5 heteroatoms. The van der Waals surface area contributed by atoms with E-state index in [4.69, 9.17) is 4.42 Å². The van der Waals surface area contributed by atoms with Gasteiger partial charge >= 0.3 is 0 Å². The fraction of sp³-hybridized carbons (Fsp3) is 0.263. The summed E-state index contributed by atoms with van der Waals surface area (Å²) >= 11 is 0. The number of rotatable bonds is 5. The Bertz CT molecular complexity index is 924. The molecule has 2 aromatic heterocycles. The normalized spacial score (nSPS) is 10.9. The average molecular weight is 324 g/mol. The zero-order chi connectivity index (χ0) is 17.1. The van der Waals surface area contributed by atoms with Crippen LogP contribution >= 0.6 is 0 Å². The van der Waals surface area contributed by atoms with Crippen LogP contribution < -0.4 is 10.9 Å². The van der Waals surface area contributed by atoms with E-state index in [9.17, 15) is 9.59 Å². The van der Waals surface area contributed by atoms with Crippen LogP contribution in [0, 0.1) is 13.8 Å². The van der Waals surface area contributed by atoms with Crippen LogP contribution in [0.1, 0.15) is 28.9 Å². The number of furan rings is 1. The summed E-state index contributed by atoms with van der Waals surface area (Å²) in [5.74, 6) is 0.601. The molecule has 0 aliphatic heterocycles. The number of benzene rings is 1. The third kappa shape index (κ3) is 3.56. The van der Waals surface area contributed by atoms with Gasteiger partial charge in [0.25, 0.3) is 5.56 Å². The fourth-order valence-corrected chi connectivity index (χ4v) is 2.64. The highest BCUT2D eigenvalue weighted by atomic mass is 16.3. The first-order valence-corrected chi connectivity index (χ1v) is 7.95. The van der Waals surface area contributed by atoms with Crippen molar-refractivity contribution in [1.82, 2.24) is 10.3 Å². The molecule has 124 valence electrons. The van der Waals surface area contributed by atoms with Crippen LogP contribution in [0.5, 0.6) is 0 Å². The van der Waals surface area contributed by atoms with Crippen molar-refractivity contribution in [2.45, 2.75) is 33.2 Å². The molecule has 0 aliphatic carbocycles. The van der Waals surface area contributed by atoms with Gasteiger partial charge in [-0.05, 0) is 67.1 Å². The van der Waals surface area contributed by atoms with Gasteiger partial charge in [-0.1, -0.05) is 0 Å². The molecule has 0 bridgehead atoms. The largest absolute Gasteiger partial charge is 0.467 e. The van der Waals surface area contributed by atoms with Gasteiger partial charge in [0.1, 0.15) is 5.76 Å². The molecular weight excluding hydrogens is 304 g/mol. The van der Waals surface area contributed by atoms with Crippen molar-refractivity contribution in [2.75, 3.05) is 0 Å². The second kappa shape index (κ2) is 6.74. The topological polar surface area (TPSA) is 75.1 Å².